The first kappa shape index (κ1) is 21.9. The lowest BCUT2D eigenvalue weighted by atomic mass is 9.92. The zero-order chi connectivity index (χ0) is 22.8. The highest BCUT2D eigenvalue weighted by Crippen LogP contribution is 2.27. The second-order valence-corrected chi connectivity index (χ2v) is 8.02. The summed E-state index contributed by atoms with van der Waals surface area (Å²) in [5.74, 6) is -2.32. The number of hydrogen-bond donors (Lipinski definition) is 3. The fourth-order valence-corrected chi connectivity index (χ4v) is 2.87. The average molecular weight is 428 g/mol. The van der Waals surface area contributed by atoms with Gasteiger partial charge < -0.3 is 10.4 Å². The quantitative estimate of drug-likeness (QED) is 0.548. The Morgan fingerprint density at radius 1 is 1.06 bits per heavy atom. The molecule has 0 unspecified atom stereocenters. The number of aromatic nitrogens is 2. The van der Waals surface area contributed by atoms with Crippen molar-refractivity contribution in [1.82, 2.24) is 9.78 Å². The summed E-state index contributed by atoms with van der Waals surface area (Å²) in [4.78, 5) is 23.5. The molecule has 0 aliphatic carbocycles. The lowest BCUT2D eigenvalue weighted by molar-refractivity contribution is -0.136. The van der Waals surface area contributed by atoms with Crippen LogP contribution in [0.3, 0.4) is 0 Å². The molecule has 1 heterocycles. The van der Waals surface area contributed by atoms with Gasteiger partial charge in [-0.1, -0.05) is 32.9 Å². The molecule has 0 spiro atoms. The maximum absolute atomic E-state index is 13.9. The van der Waals surface area contributed by atoms with Gasteiger partial charge in [0.2, 0.25) is 0 Å². The van der Waals surface area contributed by atoms with Crippen LogP contribution in [0.2, 0.25) is 0 Å². The lowest BCUT2D eigenvalue weighted by Gasteiger charge is -2.14. The highest BCUT2D eigenvalue weighted by molar-refractivity contribution is 5.99. The van der Waals surface area contributed by atoms with Crippen LogP contribution >= 0.6 is 0 Å². The van der Waals surface area contributed by atoms with E-state index in [0.29, 0.717) is 28.8 Å². The Labute approximate surface area is 177 Å². The first-order valence-corrected chi connectivity index (χ1v) is 9.47. The van der Waals surface area contributed by atoms with Gasteiger partial charge in [0.15, 0.2) is 0 Å². The topological polar surface area (TPSA) is 96.2 Å². The Morgan fingerprint density at radius 3 is 2.45 bits per heavy atom. The molecule has 2 aromatic carbocycles. The fraction of sp³-hybridized carbons (Fsp3) is 0.227. The zero-order valence-electron chi connectivity index (χ0n) is 17.2. The predicted molar refractivity (Wildman–Crippen MR) is 113 cm³/mol. The number of halogens is 2. The van der Waals surface area contributed by atoms with Crippen molar-refractivity contribution in [2.45, 2.75) is 32.6 Å². The maximum atomic E-state index is 13.9. The maximum Gasteiger partial charge on any atom is 0.324 e. The number of carbonyl (C=O) groups excluding carboxylic acids is 1. The molecular formula is C22H22F2N4O3. The van der Waals surface area contributed by atoms with Crippen molar-refractivity contribution in [3.63, 3.8) is 0 Å². The van der Waals surface area contributed by atoms with Gasteiger partial charge in [0.1, 0.15) is 17.5 Å². The van der Waals surface area contributed by atoms with Crippen LogP contribution in [0.1, 0.15) is 32.0 Å². The molecule has 9 heteroatoms. The summed E-state index contributed by atoms with van der Waals surface area (Å²) in [7, 11) is 0. The number of carboxylic acid groups (broad SMARTS) is 1. The molecule has 2 amide bonds. The van der Waals surface area contributed by atoms with Crippen LogP contribution in [-0.2, 0) is 16.6 Å². The van der Waals surface area contributed by atoms with Crippen molar-refractivity contribution in [1.29, 1.82) is 0 Å². The Bertz CT molecular complexity index is 1140. The molecule has 0 fully saturated rings. The van der Waals surface area contributed by atoms with Crippen molar-refractivity contribution in [2.75, 3.05) is 10.6 Å². The SMILES string of the molecule is CC(C)(C)c1cc(NC(=O)Nc2ccc(F)cc2F)n(-c2cccc(CC(=O)O)c2)n1. The van der Waals surface area contributed by atoms with E-state index in [9.17, 15) is 18.4 Å². The van der Waals surface area contributed by atoms with Gasteiger partial charge in [-0.25, -0.2) is 18.3 Å². The standard InChI is InChI=1S/C22H22F2N4O3/c1-22(2,3)18-12-19(26-21(31)25-17-8-7-14(23)11-16(17)24)28(27-18)15-6-4-5-13(9-15)10-20(29)30/h4-9,11-12H,10H2,1-3H3,(H,29,30)(H2,25,26,31). The van der Waals surface area contributed by atoms with Gasteiger partial charge in [0, 0.05) is 17.5 Å². The Kier molecular flexibility index (Phi) is 6.05. The van der Waals surface area contributed by atoms with Crippen LogP contribution < -0.4 is 10.6 Å². The third kappa shape index (κ3) is 5.44. The van der Waals surface area contributed by atoms with E-state index in [1.807, 2.05) is 20.8 Å². The average Bonchev–Trinajstić information content (AvgIpc) is 3.08. The zero-order valence-corrected chi connectivity index (χ0v) is 17.2. The van der Waals surface area contributed by atoms with Crippen molar-refractivity contribution in [3.05, 3.63) is 71.4 Å². The summed E-state index contributed by atoms with van der Waals surface area (Å²) in [6.07, 6.45) is -0.158. The number of anilines is 2. The third-order valence-corrected chi connectivity index (χ3v) is 4.41. The second kappa shape index (κ2) is 8.55. The summed E-state index contributed by atoms with van der Waals surface area (Å²) in [6.45, 7) is 5.87. The Morgan fingerprint density at radius 2 is 1.81 bits per heavy atom. The summed E-state index contributed by atoms with van der Waals surface area (Å²) in [6, 6.07) is 10.5. The van der Waals surface area contributed by atoms with E-state index in [1.54, 1.807) is 30.3 Å². The third-order valence-electron chi connectivity index (χ3n) is 4.41. The minimum Gasteiger partial charge on any atom is -0.481 e. The van der Waals surface area contributed by atoms with E-state index in [0.717, 1.165) is 12.1 Å². The van der Waals surface area contributed by atoms with Crippen molar-refractivity contribution < 1.29 is 23.5 Å². The molecule has 0 bridgehead atoms. The summed E-state index contributed by atoms with van der Waals surface area (Å²) >= 11 is 0. The van der Waals surface area contributed by atoms with E-state index in [-0.39, 0.29) is 17.5 Å². The van der Waals surface area contributed by atoms with E-state index in [4.69, 9.17) is 5.11 Å². The van der Waals surface area contributed by atoms with Gasteiger partial charge >= 0.3 is 12.0 Å². The van der Waals surface area contributed by atoms with Crippen molar-refractivity contribution in [2.24, 2.45) is 0 Å². The molecule has 7 nitrogen and oxygen atoms in total. The van der Waals surface area contributed by atoms with Crippen molar-refractivity contribution >= 4 is 23.5 Å². The van der Waals surface area contributed by atoms with Gasteiger partial charge in [-0.3, -0.25) is 10.1 Å². The largest absolute Gasteiger partial charge is 0.481 e. The molecule has 31 heavy (non-hydrogen) atoms. The van der Waals surface area contributed by atoms with Crippen molar-refractivity contribution in [3.8, 4) is 5.69 Å². The van der Waals surface area contributed by atoms with E-state index < -0.39 is 23.6 Å². The van der Waals surface area contributed by atoms with Gasteiger partial charge in [-0.15, -0.1) is 0 Å². The van der Waals surface area contributed by atoms with E-state index in [1.165, 1.54) is 4.68 Å². The molecular weight excluding hydrogens is 406 g/mol. The predicted octanol–water partition coefficient (Wildman–Crippen LogP) is 4.72. The van der Waals surface area contributed by atoms with Crippen LogP contribution in [0.15, 0.2) is 48.5 Å². The van der Waals surface area contributed by atoms with Gasteiger partial charge in [0.25, 0.3) is 0 Å². The molecule has 0 atom stereocenters. The summed E-state index contributed by atoms with van der Waals surface area (Å²) in [5.41, 5.74) is 1.29. The number of amides is 2. The molecule has 3 N–H and O–H groups in total. The monoisotopic (exact) mass is 428 g/mol. The number of hydrogen-bond acceptors (Lipinski definition) is 3. The van der Waals surface area contributed by atoms with E-state index in [2.05, 4.69) is 15.7 Å². The van der Waals surface area contributed by atoms with Crippen LogP contribution in [0, 0.1) is 11.6 Å². The van der Waals surface area contributed by atoms with Crippen LogP contribution in [0.4, 0.5) is 25.1 Å². The molecule has 0 aliphatic heterocycles. The highest BCUT2D eigenvalue weighted by Gasteiger charge is 2.22. The number of benzene rings is 2. The van der Waals surface area contributed by atoms with Crippen LogP contribution in [-0.4, -0.2) is 26.9 Å². The fourth-order valence-electron chi connectivity index (χ4n) is 2.87. The molecule has 0 aliphatic rings. The Hall–Kier alpha value is -3.75. The Balaban J connectivity index is 1.93. The molecule has 0 saturated heterocycles. The molecule has 0 radical (unpaired) electrons. The minimum absolute atomic E-state index is 0.158. The molecule has 3 rings (SSSR count). The van der Waals surface area contributed by atoms with E-state index >= 15 is 0 Å². The first-order chi connectivity index (χ1) is 14.5. The smallest absolute Gasteiger partial charge is 0.324 e. The second-order valence-electron chi connectivity index (χ2n) is 8.02. The van der Waals surface area contributed by atoms with Gasteiger partial charge in [0.05, 0.1) is 23.5 Å². The highest BCUT2D eigenvalue weighted by atomic mass is 19.1. The normalized spacial score (nSPS) is 11.3. The molecule has 3 aromatic rings. The number of nitrogens with one attached hydrogen (secondary N) is 2. The number of rotatable bonds is 5. The summed E-state index contributed by atoms with van der Waals surface area (Å²) < 4.78 is 28.4. The first-order valence-electron chi connectivity index (χ1n) is 9.47. The number of aliphatic carboxylic acids is 1. The van der Waals surface area contributed by atoms with Gasteiger partial charge in [-0.05, 0) is 29.8 Å². The minimum atomic E-state index is -0.966. The number of nitrogens with zero attached hydrogens (tertiary/aromatic N) is 2. The molecule has 1 aromatic heterocycles. The molecule has 162 valence electrons. The van der Waals surface area contributed by atoms with Crippen LogP contribution in [0.25, 0.3) is 5.69 Å². The van der Waals surface area contributed by atoms with Gasteiger partial charge in [-0.2, -0.15) is 5.10 Å². The number of carboxylic acids is 1. The van der Waals surface area contributed by atoms with Crippen LogP contribution in [0.5, 0.6) is 0 Å². The number of carbonyl (C=O) groups is 2. The lowest BCUT2D eigenvalue weighted by Crippen LogP contribution is -2.22. The number of urea groups is 1. The molecule has 0 saturated carbocycles. The summed E-state index contributed by atoms with van der Waals surface area (Å²) in [5, 5.41) is 18.6.